The highest BCUT2D eigenvalue weighted by Crippen LogP contribution is 2.18. The molecule has 0 bridgehead atoms. The summed E-state index contributed by atoms with van der Waals surface area (Å²) < 4.78 is 0. The second-order valence-electron chi connectivity index (χ2n) is 5.94. The van der Waals surface area contributed by atoms with Gasteiger partial charge in [0.2, 0.25) is 10.9 Å². The smallest absolute Gasteiger partial charge is 0.286 e. The summed E-state index contributed by atoms with van der Waals surface area (Å²) in [6, 6.07) is 17.3. The number of nitrogens with zero attached hydrogens (tertiary/aromatic N) is 2. The molecule has 29 heavy (non-hydrogen) atoms. The van der Waals surface area contributed by atoms with E-state index in [0.717, 1.165) is 5.56 Å². The SMILES string of the molecule is CSc1ccc(CNC(=O)CSCc2nnc(C(=O)Nc3ccccc3)s2)cc1. The molecule has 0 atom stereocenters. The van der Waals surface area contributed by atoms with Crippen molar-refractivity contribution in [3.63, 3.8) is 0 Å². The van der Waals surface area contributed by atoms with Crippen LogP contribution in [0.15, 0.2) is 59.5 Å². The quantitative estimate of drug-likeness (QED) is 0.484. The van der Waals surface area contributed by atoms with E-state index < -0.39 is 0 Å². The van der Waals surface area contributed by atoms with Gasteiger partial charge in [-0.05, 0) is 36.1 Å². The first-order chi connectivity index (χ1) is 14.1. The Labute approximate surface area is 181 Å². The van der Waals surface area contributed by atoms with Crippen LogP contribution >= 0.6 is 34.9 Å². The third-order valence-electron chi connectivity index (χ3n) is 3.80. The molecule has 0 aliphatic heterocycles. The van der Waals surface area contributed by atoms with E-state index in [4.69, 9.17) is 0 Å². The highest BCUT2D eigenvalue weighted by molar-refractivity contribution is 7.99. The Morgan fingerprint density at radius 1 is 1.03 bits per heavy atom. The standard InChI is InChI=1S/C20H20N4O2S3/c1-27-16-9-7-14(8-10-16)11-21-17(25)12-28-13-18-23-24-20(29-18)19(26)22-15-5-3-2-4-6-15/h2-10H,11-13H2,1H3,(H,21,25)(H,22,26). The van der Waals surface area contributed by atoms with Crippen molar-refractivity contribution in [3.05, 3.63) is 70.2 Å². The molecule has 3 aromatic rings. The monoisotopic (exact) mass is 444 g/mol. The maximum atomic E-state index is 12.2. The second-order valence-corrected chi connectivity index (χ2v) is 8.87. The van der Waals surface area contributed by atoms with Crippen LogP contribution in [0.5, 0.6) is 0 Å². The third-order valence-corrected chi connectivity index (χ3v) is 6.59. The first kappa shape index (κ1) is 21.4. The van der Waals surface area contributed by atoms with Crippen molar-refractivity contribution in [1.82, 2.24) is 15.5 Å². The van der Waals surface area contributed by atoms with Crippen LogP contribution in [0.4, 0.5) is 5.69 Å². The van der Waals surface area contributed by atoms with E-state index in [1.807, 2.05) is 60.9 Å². The second kappa shape index (κ2) is 11.0. The summed E-state index contributed by atoms with van der Waals surface area (Å²) in [6.45, 7) is 0.511. The van der Waals surface area contributed by atoms with E-state index in [9.17, 15) is 9.59 Å². The topological polar surface area (TPSA) is 84.0 Å². The minimum absolute atomic E-state index is 0.0319. The normalized spacial score (nSPS) is 10.5. The average molecular weight is 445 g/mol. The van der Waals surface area contributed by atoms with Crippen LogP contribution in [-0.2, 0) is 17.1 Å². The van der Waals surface area contributed by atoms with Crippen LogP contribution < -0.4 is 10.6 Å². The van der Waals surface area contributed by atoms with E-state index >= 15 is 0 Å². The molecule has 2 N–H and O–H groups in total. The van der Waals surface area contributed by atoms with Crippen molar-refractivity contribution in [2.45, 2.75) is 17.2 Å². The Morgan fingerprint density at radius 3 is 2.52 bits per heavy atom. The van der Waals surface area contributed by atoms with Crippen molar-refractivity contribution in [3.8, 4) is 0 Å². The van der Waals surface area contributed by atoms with Gasteiger partial charge in [-0.1, -0.05) is 41.7 Å². The third kappa shape index (κ3) is 6.88. The van der Waals surface area contributed by atoms with Gasteiger partial charge in [-0.15, -0.1) is 33.7 Å². The lowest BCUT2D eigenvalue weighted by molar-refractivity contribution is -0.118. The summed E-state index contributed by atoms with van der Waals surface area (Å²) in [4.78, 5) is 25.4. The lowest BCUT2D eigenvalue weighted by Gasteiger charge is -2.05. The largest absolute Gasteiger partial charge is 0.351 e. The summed E-state index contributed by atoms with van der Waals surface area (Å²) in [6.07, 6.45) is 2.03. The van der Waals surface area contributed by atoms with Gasteiger partial charge < -0.3 is 10.6 Å². The first-order valence-corrected chi connectivity index (χ1v) is 12.0. The molecule has 6 nitrogen and oxygen atoms in total. The summed E-state index contributed by atoms with van der Waals surface area (Å²) in [7, 11) is 0. The molecule has 0 fully saturated rings. The predicted octanol–water partition coefficient (Wildman–Crippen LogP) is 4.06. The summed E-state index contributed by atoms with van der Waals surface area (Å²) in [5.74, 6) is 0.547. The highest BCUT2D eigenvalue weighted by Gasteiger charge is 2.13. The van der Waals surface area contributed by atoms with Crippen LogP contribution in [0.1, 0.15) is 20.4 Å². The number of hydrogen-bond acceptors (Lipinski definition) is 7. The molecule has 0 saturated heterocycles. The molecule has 0 aliphatic carbocycles. The van der Waals surface area contributed by atoms with E-state index in [-0.39, 0.29) is 11.8 Å². The number of aromatic nitrogens is 2. The van der Waals surface area contributed by atoms with Crippen LogP contribution in [0.2, 0.25) is 0 Å². The van der Waals surface area contributed by atoms with E-state index in [0.29, 0.717) is 33.8 Å². The lowest BCUT2D eigenvalue weighted by atomic mass is 10.2. The van der Waals surface area contributed by atoms with Gasteiger partial charge in [-0.3, -0.25) is 9.59 Å². The Balaban J connectivity index is 1.39. The summed E-state index contributed by atoms with van der Waals surface area (Å²) in [5, 5.41) is 14.7. The Bertz CT molecular complexity index is 946. The Morgan fingerprint density at radius 2 is 1.79 bits per heavy atom. The molecular weight excluding hydrogens is 424 g/mol. The molecule has 2 amide bonds. The molecule has 1 aromatic heterocycles. The number of nitrogens with one attached hydrogen (secondary N) is 2. The minimum Gasteiger partial charge on any atom is -0.351 e. The molecule has 150 valence electrons. The zero-order chi connectivity index (χ0) is 20.5. The summed E-state index contributed by atoms with van der Waals surface area (Å²) >= 11 is 4.37. The van der Waals surface area contributed by atoms with Crippen molar-refractivity contribution in [1.29, 1.82) is 0 Å². The maximum Gasteiger partial charge on any atom is 0.286 e. The molecule has 0 saturated carbocycles. The zero-order valence-corrected chi connectivity index (χ0v) is 18.2. The fourth-order valence-corrected chi connectivity index (χ4v) is 4.38. The molecule has 0 aliphatic rings. The molecule has 0 spiro atoms. The lowest BCUT2D eigenvalue weighted by Crippen LogP contribution is -2.24. The highest BCUT2D eigenvalue weighted by atomic mass is 32.2. The number of hydrogen-bond donors (Lipinski definition) is 2. The molecule has 1 heterocycles. The number of para-hydroxylation sites is 1. The summed E-state index contributed by atoms with van der Waals surface area (Å²) in [5.41, 5.74) is 1.78. The van der Waals surface area contributed by atoms with Gasteiger partial charge in [0.1, 0.15) is 5.01 Å². The Hall–Kier alpha value is -2.36. The van der Waals surface area contributed by atoms with Crippen LogP contribution in [-0.4, -0.2) is 34.0 Å². The van der Waals surface area contributed by atoms with Gasteiger partial charge in [-0.2, -0.15) is 0 Å². The number of anilines is 1. The number of carbonyl (C=O) groups excluding carboxylic acids is 2. The van der Waals surface area contributed by atoms with Gasteiger partial charge in [0, 0.05) is 22.9 Å². The number of amides is 2. The van der Waals surface area contributed by atoms with Gasteiger partial charge in [0.15, 0.2) is 0 Å². The van der Waals surface area contributed by atoms with Crippen LogP contribution in [0.25, 0.3) is 0 Å². The predicted molar refractivity (Wildman–Crippen MR) is 121 cm³/mol. The fourth-order valence-electron chi connectivity index (χ4n) is 2.34. The minimum atomic E-state index is -0.282. The van der Waals surface area contributed by atoms with Gasteiger partial charge in [0.05, 0.1) is 5.75 Å². The molecule has 0 radical (unpaired) electrons. The number of thioether (sulfide) groups is 2. The molecule has 0 unspecified atom stereocenters. The van der Waals surface area contributed by atoms with E-state index in [1.54, 1.807) is 11.8 Å². The molecular formula is C20H20N4O2S3. The van der Waals surface area contributed by atoms with Crippen molar-refractivity contribution >= 4 is 52.4 Å². The number of carbonyl (C=O) groups is 2. The van der Waals surface area contributed by atoms with Gasteiger partial charge >= 0.3 is 0 Å². The van der Waals surface area contributed by atoms with Crippen LogP contribution in [0.3, 0.4) is 0 Å². The van der Waals surface area contributed by atoms with Crippen LogP contribution in [0, 0.1) is 0 Å². The maximum absolute atomic E-state index is 12.2. The van der Waals surface area contributed by atoms with Crippen molar-refractivity contribution in [2.24, 2.45) is 0 Å². The molecule has 2 aromatic carbocycles. The van der Waals surface area contributed by atoms with Crippen molar-refractivity contribution < 1.29 is 9.59 Å². The van der Waals surface area contributed by atoms with E-state index in [2.05, 4.69) is 20.8 Å². The fraction of sp³-hybridized carbons (Fsp3) is 0.200. The molecule has 9 heteroatoms. The number of rotatable bonds is 9. The van der Waals surface area contributed by atoms with E-state index in [1.165, 1.54) is 28.0 Å². The van der Waals surface area contributed by atoms with Gasteiger partial charge in [-0.25, -0.2) is 0 Å². The van der Waals surface area contributed by atoms with Gasteiger partial charge in [0.25, 0.3) is 5.91 Å². The zero-order valence-electron chi connectivity index (χ0n) is 15.8. The molecule has 3 rings (SSSR count). The Kier molecular flexibility index (Phi) is 8.09. The first-order valence-electron chi connectivity index (χ1n) is 8.80. The van der Waals surface area contributed by atoms with Crippen molar-refractivity contribution in [2.75, 3.05) is 17.3 Å². The number of benzene rings is 2. The average Bonchev–Trinajstić information content (AvgIpc) is 3.22.